The molecule has 0 spiro atoms. The minimum Gasteiger partial charge on any atom is -1.00 e. The average Bonchev–Trinajstić information content (AvgIpc) is 2.15. The molecule has 2 unspecified atom stereocenters. The van der Waals surface area contributed by atoms with Gasteiger partial charge in [0.2, 0.25) is 0 Å². The number of carbonyl (C=O) groups is 1. The minimum absolute atomic E-state index is 0. The zero-order chi connectivity index (χ0) is 11.8. The molecule has 1 aliphatic heterocycles. The van der Waals surface area contributed by atoms with Crippen molar-refractivity contribution in [3.05, 3.63) is 0 Å². The topological polar surface area (TPSA) is 26.3 Å². The zero-order valence-corrected chi connectivity index (χ0v) is 11.9. The van der Waals surface area contributed by atoms with E-state index in [0.29, 0.717) is 0 Å². The van der Waals surface area contributed by atoms with Gasteiger partial charge >= 0.3 is 5.97 Å². The van der Waals surface area contributed by atoms with Crippen molar-refractivity contribution >= 4 is 5.97 Å². The van der Waals surface area contributed by atoms with E-state index >= 15 is 0 Å². The lowest BCUT2D eigenvalue weighted by Crippen LogP contribution is -3.00. The maximum Gasteiger partial charge on any atom is 0.303 e. The van der Waals surface area contributed by atoms with E-state index in [1.54, 1.807) is 0 Å². The second-order valence-corrected chi connectivity index (χ2v) is 6.04. The van der Waals surface area contributed by atoms with Crippen LogP contribution in [-0.4, -0.2) is 43.2 Å². The Morgan fingerprint density at radius 3 is 2.53 bits per heavy atom. The fraction of sp³-hybridized carbons (Fsp3) is 0.923. The SMILES string of the molecule is CC(=O)O[C@H]1CC2CCCCC2[N+](C)(C)C1.[Cl-]. The number of fused-ring (bicyclic) bond motifs is 1. The zero-order valence-electron chi connectivity index (χ0n) is 11.1. The van der Waals surface area contributed by atoms with E-state index in [1.165, 1.54) is 32.6 Å². The molecule has 2 aliphatic rings. The van der Waals surface area contributed by atoms with Crippen LogP contribution in [0.1, 0.15) is 39.0 Å². The number of piperidine rings is 1. The van der Waals surface area contributed by atoms with Gasteiger partial charge < -0.3 is 21.6 Å². The van der Waals surface area contributed by atoms with Gasteiger partial charge in [0.05, 0.1) is 20.1 Å². The van der Waals surface area contributed by atoms with Crippen LogP contribution in [0.4, 0.5) is 0 Å². The van der Waals surface area contributed by atoms with E-state index < -0.39 is 0 Å². The van der Waals surface area contributed by atoms with Gasteiger partial charge in [-0.15, -0.1) is 0 Å². The number of nitrogens with zero attached hydrogens (tertiary/aromatic N) is 1. The highest BCUT2D eigenvalue weighted by molar-refractivity contribution is 5.66. The lowest BCUT2D eigenvalue weighted by Gasteiger charge is -2.50. The molecule has 0 aromatic rings. The van der Waals surface area contributed by atoms with E-state index in [0.717, 1.165) is 29.4 Å². The Morgan fingerprint density at radius 1 is 1.24 bits per heavy atom. The molecule has 100 valence electrons. The summed E-state index contributed by atoms with van der Waals surface area (Å²) in [4.78, 5) is 11.1. The average molecular weight is 262 g/mol. The molecule has 2 fully saturated rings. The van der Waals surface area contributed by atoms with Crippen LogP contribution >= 0.6 is 0 Å². The molecule has 1 saturated carbocycles. The monoisotopic (exact) mass is 261 g/mol. The molecule has 0 N–H and O–H groups in total. The Morgan fingerprint density at radius 2 is 1.88 bits per heavy atom. The molecule has 0 radical (unpaired) electrons. The quantitative estimate of drug-likeness (QED) is 0.445. The maximum absolute atomic E-state index is 11.1. The summed E-state index contributed by atoms with van der Waals surface area (Å²) in [6.45, 7) is 2.51. The van der Waals surface area contributed by atoms with Crippen molar-refractivity contribution in [1.29, 1.82) is 0 Å². The fourth-order valence-electron chi connectivity index (χ4n) is 3.78. The third-order valence-corrected chi connectivity index (χ3v) is 4.34. The number of ether oxygens (including phenoxy) is 1. The van der Waals surface area contributed by atoms with Crippen LogP contribution in [-0.2, 0) is 9.53 Å². The van der Waals surface area contributed by atoms with E-state index in [-0.39, 0.29) is 24.5 Å². The first-order chi connectivity index (χ1) is 7.49. The number of rotatable bonds is 1. The van der Waals surface area contributed by atoms with Crippen molar-refractivity contribution in [1.82, 2.24) is 0 Å². The summed E-state index contributed by atoms with van der Waals surface area (Å²) < 4.78 is 6.45. The van der Waals surface area contributed by atoms with Crippen molar-refractivity contribution in [2.45, 2.75) is 51.2 Å². The molecule has 0 aromatic heterocycles. The Labute approximate surface area is 111 Å². The molecule has 0 bridgehead atoms. The van der Waals surface area contributed by atoms with E-state index in [4.69, 9.17) is 4.74 Å². The van der Waals surface area contributed by atoms with Crippen LogP contribution in [0.5, 0.6) is 0 Å². The largest absolute Gasteiger partial charge is 1.00 e. The van der Waals surface area contributed by atoms with Crippen molar-refractivity contribution < 1.29 is 26.4 Å². The number of quaternary nitrogens is 1. The second-order valence-electron chi connectivity index (χ2n) is 6.04. The van der Waals surface area contributed by atoms with Crippen LogP contribution in [0, 0.1) is 5.92 Å². The van der Waals surface area contributed by atoms with Gasteiger partial charge in [-0.3, -0.25) is 4.79 Å². The highest BCUT2D eigenvalue weighted by Gasteiger charge is 2.45. The first-order valence-electron chi connectivity index (χ1n) is 6.49. The van der Waals surface area contributed by atoms with Crippen LogP contribution in [0.2, 0.25) is 0 Å². The highest BCUT2D eigenvalue weighted by atomic mass is 35.5. The molecule has 2 rings (SSSR count). The summed E-state index contributed by atoms with van der Waals surface area (Å²) in [6, 6.07) is 0.792. The fourth-order valence-corrected chi connectivity index (χ4v) is 3.78. The number of likely N-dealkylation sites (N-methyl/N-ethyl adjacent to an activating group) is 1. The first kappa shape index (κ1) is 14.8. The van der Waals surface area contributed by atoms with Crippen molar-refractivity contribution in [2.75, 3.05) is 20.6 Å². The van der Waals surface area contributed by atoms with Crippen LogP contribution in [0.15, 0.2) is 0 Å². The molecular formula is C13H24ClNO2. The predicted octanol–water partition coefficient (Wildman–Crippen LogP) is -1.04. The Kier molecular flexibility index (Phi) is 4.85. The van der Waals surface area contributed by atoms with Crippen LogP contribution in [0.3, 0.4) is 0 Å². The Balaban J connectivity index is 0.00000144. The minimum atomic E-state index is -0.126. The summed E-state index contributed by atoms with van der Waals surface area (Å²) >= 11 is 0. The van der Waals surface area contributed by atoms with Gasteiger partial charge in [0.15, 0.2) is 6.10 Å². The van der Waals surface area contributed by atoms with Gasteiger partial charge in [0, 0.05) is 12.8 Å². The molecular weight excluding hydrogens is 238 g/mol. The normalized spacial score (nSPS) is 35.4. The van der Waals surface area contributed by atoms with E-state index in [9.17, 15) is 4.79 Å². The number of halogens is 1. The van der Waals surface area contributed by atoms with E-state index in [1.807, 2.05) is 0 Å². The highest BCUT2D eigenvalue weighted by Crippen LogP contribution is 2.38. The van der Waals surface area contributed by atoms with Gasteiger partial charge in [-0.25, -0.2) is 0 Å². The van der Waals surface area contributed by atoms with Crippen molar-refractivity contribution in [3.8, 4) is 0 Å². The second kappa shape index (κ2) is 5.57. The molecule has 0 amide bonds. The standard InChI is InChI=1S/C13H24NO2.ClH/c1-10(15)16-12-8-11-6-4-5-7-13(11)14(2,3)9-12;/h11-13H,4-9H2,1-3H3;1H/q+1;/p-1/t11?,12-,13?;/m0./s1. The van der Waals surface area contributed by atoms with Crippen LogP contribution in [0.25, 0.3) is 0 Å². The lowest BCUT2D eigenvalue weighted by molar-refractivity contribution is -0.928. The number of likely N-dealkylation sites (tertiary alicyclic amines) is 1. The Hall–Kier alpha value is -0.280. The predicted molar refractivity (Wildman–Crippen MR) is 62.9 cm³/mol. The number of esters is 1. The molecule has 0 aromatic carbocycles. The molecule has 3 nitrogen and oxygen atoms in total. The summed E-state index contributed by atoms with van der Waals surface area (Å²) in [5.74, 6) is 0.640. The molecule has 17 heavy (non-hydrogen) atoms. The van der Waals surface area contributed by atoms with Gasteiger partial charge in [-0.2, -0.15) is 0 Å². The summed E-state index contributed by atoms with van der Waals surface area (Å²) in [6.07, 6.45) is 6.64. The van der Waals surface area contributed by atoms with Crippen LogP contribution < -0.4 is 12.4 Å². The van der Waals surface area contributed by atoms with E-state index in [2.05, 4.69) is 14.1 Å². The summed E-state index contributed by atoms with van der Waals surface area (Å²) in [7, 11) is 4.58. The summed E-state index contributed by atoms with van der Waals surface area (Å²) in [5, 5.41) is 0. The first-order valence-corrected chi connectivity index (χ1v) is 6.49. The lowest BCUT2D eigenvalue weighted by atomic mass is 9.76. The van der Waals surface area contributed by atoms with Gasteiger partial charge in [-0.05, 0) is 25.7 Å². The Bertz CT molecular complexity index is 281. The van der Waals surface area contributed by atoms with Gasteiger partial charge in [0.25, 0.3) is 0 Å². The molecule has 1 saturated heterocycles. The molecule has 1 heterocycles. The van der Waals surface area contributed by atoms with Gasteiger partial charge in [-0.1, -0.05) is 6.42 Å². The molecule has 1 aliphatic carbocycles. The number of carbonyl (C=O) groups excluding carboxylic acids is 1. The third-order valence-electron chi connectivity index (χ3n) is 4.34. The van der Waals surface area contributed by atoms with Crippen molar-refractivity contribution in [3.63, 3.8) is 0 Å². The van der Waals surface area contributed by atoms with Gasteiger partial charge in [0.1, 0.15) is 6.54 Å². The maximum atomic E-state index is 11.1. The molecule has 3 atom stereocenters. The molecule has 4 heteroatoms. The number of hydrogen-bond donors (Lipinski definition) is 0. The summed E-state index contributed by atoms with van der Waals surface area (Å²) in [5.41, 5.74) is 0. The third kappa shape index (κ3) is 3.35. The number of hydrogen-bond acceptors (Lipinski definition) is 2. The van der Waals surface area contributed by atoms with Crippen molar-refractivity contribution in [2.24, 2.45) is 5.92 Å². The smallest absolute Gasteiger partial charge is 0.303 e.